The Kier molecular flexibility index (Phi) is 6.42. The molecule has 31 heavy (non-hydrogen) atoms. The van der Waals surface area contributed by atoms with Crippen LogP contribution in [0.15, 0.2) is 58.5 Å². The highest BCUT2D eigenvalue weighted by atomic mass is 16.5. The lowest BCUT2D eigenvalue weighted by Crippen LogP contribution is -2.57. The minimum Gasteiger partial charge on any atom is -0.497 e. The molecule has 3 N–H and O–H groups in total. The number of nitrogens with one attached hydrogen (secondary N) is 1. The van der Waals surface area contributed by atoms with Crippen molar-refractivity contribution in [3.63, 3.8) is 0 Å². The van der Waals surface area contributed by atoms with E-state index in [4.69, 9.17) is 19.9 Å². The van der Waals surface area contributed by atoms with Crippen molar-refractivity contribution in [3.8, 4) is 11.5 Å². The number of guanidine groups is 2. The Labute approximate surface area is 182 Å². The lowest BCUT2D eigenvalue weighted by atomic mass is 10.2. The molecule has 0 spiro atoms. The SMILES string of the molecule is CCOc1ccc(NC2N=C(N)N=C(N3CCOCC3)N2c2cccc(OC)c2)cc1. The van der Waals surface area contributed by atoms with Gasteiger partial charge in [-0.25, -0.2) is 4.99 Å². The molecule has 0 bridgehead atoms. The fourth-order valence-corrected chi connectivity index (χ4v) is 3.54. The Balaban J connectivity index is 1.68. The normalized spacial score (nSPS) is 18.8. The second kappa shape index (κ2) is 9.57. The first-order valence-corrected chi connectivity index (χ1v) is 10.4. The highest BCUT2D eigenvalue weighted by molar-refractivity contribution is 6.06. The fraction of sp³-hybridized carbons (Fsp3) is 0.364. The molecule has 2 aromatic carbocycles. The summed E-state index contributed by atoms with van der Waals surface area (Å²) in [5, 5.41) is 3.46. The lowest BCUT2D eigenvalue weighted by Gasteiger charge is -2.41. The van der Waals surface area contributed by atoms with Crippen LogP contribution in [-0.2, 0) is 4.74 Å². The van der Waals surface area contributed by atoms with Gasteiger partial charge in [0.2, 0.25) is 18.2 Å². The van der Waals surface area contributed by atoms with Gasteiger partial charge in [0.25, 0.3) is 0 Å². The average molecular weight is 425 g/mol. The molecule has 2 heterocycles. The summed E-state index contributed by atoms with van der Waals surface area (Å²) in [5.41, 5.74) is 7.91. The van der Waals surface area contributed by atoms with E-state index in [0.717, 1.165) is 41.9 Å². The molecule has 2 aromatic rings. The summed E-state index contributed by atoms with van der Waals surface area (Å²) in [4.78, 5) is 13.4. The molecule has 0 aliphatic carbocycles. The molecule has 0 radical (unpaired) electrons. The number of hydrogen-bond acceptors (Lipinski definition) is 9. The first-order valence-electron chi connectivity index (χ1n) is 10.4. The monoisotopic (exact) mass is 424 g/mol. The minimum atomic E-state index is -0.486. The summed E-state index contributed by atoms with van der Waals surface area (Å²) in [5.74, 6) is 2.53. The van der Waals surface area contributed by atoms with E-state index in [0.29, 0.717) is 19.8 Å². The zero-order valence-electron chi connectivity index (χ0n) is 17.8. The Morgan fingerprint density at radius 3 is 2.61 bits per heavy atom. The predicted octanol–water partition coefficient (Wildman–Crippen LogP) is 2.31. The van der Waals surface area contributed by atoms with Gasteiger partial charge >= 0.3 is 0 Å². The summed E-state index contributed by atoms with van der Waals surface area (Å²) in [6.45, 7) is 5.31. The number of hydrogen-bond donors (Lipinski definition) is 2. The molecule has 0 aromatic heterocycles. The number of anilines is 2. The Morgan fingerprint density at radius 2 is 1.90 bits per heavy atom. The molecule has 4 rings (SSSR count). The second-order valence-corrected chi connectivity index (χ2v) is 7.05. The van der Waals surface area contributed by atoms with E-state index in [-0.39, 0.29) is 5.96 Å². The van der Waals surface area contributed by atoms with Crippen LogP contribution in [0.1, 0.15) is 6.92 Å². The molecule has 1 unspecified atom stereocenters. The summed E-state index contributed by atoms with van der Waals surface area (Å²) >= 11 is 0. The molecule has 1 fully saturated rings. The van der Waals surface area contributed by atoms with Gasteiger partial charge in [0, 0.05) is 24.8 Å². The van der Waals surface area contributed by atoms with Gasteiger partial charge in [-0.15, -0.1) is 0 Å². The smallest absolute Gasteiger partial charge is 0.222 e. The highest BCUT2D eigenvalue weighted by Gasteiger charge is 2.32. The van der Waals surface area contributed by atoms with E-state index in [1.165, 1.54) is 0 Å². The van der Waals surface area contributed by atoms with Crippen LogP contribution >= 0.6 is 0 Å². The van der Waals surface area contributed by atoms with Crippen molar-refractivity contribution in [1.82, 2.24) is 4.90 Å². The van der Waals surface area contributed by atoms with Crippen LogP contribution in [0.5, 0.6) is 11.5 Å². The standard InChI is InChI=1S/C22H28N6O3/c1-3-31-18-9-7-16(8-10-18)24-21-25-20(23)26-22(27-11-13-30-14-12-27)28(21)17-5-4-6-19(15-17)29-2/h4-10,15,21,24H,3,11-14H2,1-2H3,(H2,23,25). The number of aliphatic imine (C=N–C) groups is 2. The molecule has 2 aliphatic rings. The van der Waals surface area contributed by atoms with Crippen molar-refractivity contribution < 1.29 is 14.2 Å². The molecule has 0 amide bonds. The first kappa shape index (κ1) is 20.8. The van der Waals surface area contributed by atoms with Crippen LogP contribution < -0.4 is 25.4 Å². The average Bonchev–Trinajstić information content (AvgIpc) is 2.81. The lowest BCUT2D eigenvalue weighted by molar-refractivity contribution is 0.0671. The van der Waals surface area contributed by atoms with E-state index in [1.807, 2.05) is 60.4 Å². The Bertz CT molecular complexity index is 941. The van der Waals surface area contributed by atoms with E-state index >= 15 is 0 Å². The molecule has 1 saturated heterocycles. The van der Waals surface area contributed by atoms with Crippen molar-refractivity contribution in [2.75, 3.05) is 50.2 Å². The third kappa shape index (κ3) is 4.83. The van der Waals surface area contributed by atoms with Gasteiger partial charge in [-0.05, 0) is 43.3 Å². The number of benzene rings is 2. The van der Waals surface area contributed by atoms with Gasteiger partial charge in [0.05, 0.1) is 32.6 Å². The van der Waals surface area contributed by atoms with Crippen molar-refractivity contribution in [2.24, 2.45) is 15.7 Å². The van der Waals surface area contributed by atoms with Crippen molar-refractivity contribution >= 4 is 23.3 Å². The van der Waals surface area contributed by atoms with Crippen molar-refractivity contribution in [1.29, 1.82) is 0 Å². The number of ether oxygens (including phenoxy) is 3. The summed E-state index contributed by atoms with van der Waals surface area (Å²) in [6, 6.07) is 15.6. The van der Waals surface area contributed by atoms with Gasteiger partial charge in [0.15, 0.2) is 0 Å². The van der Waals surface area contributed by atoms with Crippen LogP contribution in [0.4, 0.5) is 11.4 Å². The number of nitrogens with zero attached hydrogens (tertiary/aromatic N) is 4. The van der Waals surface area contributed by atoms with Gasteiger partial charge in [-0.1, -0.05) is 6.07 Å². The molecule has 2 aliphatic heterocycles. The molecule has 164 valence electrons. The second-order valence-electron chi connectivity index (χ2n) is 7.05. The van der Waals surface area contributed by atoms with Gasteiger partial charge in [-0.3, -0.25) is 4.90 Å². The zero-order chi connectivity index (χ0) is 21.6. The number of rotatable bonds is 6. The molecular formula is C22H28N6O3. The third-order valence-electron chi connectivity index (χ3n) is 5.02. The minimum absolute atomic E-state index is 0.226. The number of nitrogens with two attached hydrogens (primary N) is 1. The van der Waals surface area contributed by atoms with Gasteiger partial charge in [-0.2, -0.15) is 4.99 Å². The van der Waals surface area contributed by atoms with Crippen molar-refractivity contribution in [3.05, 3.63) is 48.5 Å². The third-order valence-corrected chi connectivity index (χ3v) is 5.02. The summed E-state index contributed by atoms with van der Waals surface area (Å²) < 4.78 is 16.5. The molecular weight excluding hydrogens is 396 g/mol. The predicted molar refractivity (Wildman–Crippen MR) is 122 cm³/mol. The Hall–Kier alpha value is -3.46. The molecule has 0 saturated carbocycles. The molecule has 1 atom stereocenters. The van der Waals surface area contributed by atoms with Crippen molar-refractivity contribution in [2.45, 2.75) is 13.2 Å². The topological polar surface area (TPSA) is 96.9 Å². The summed E-state index contributed by atoms with van der Waals surface area (Å²) in [7, 11) is 1.65. The maximum Gasteiger partial charge on any atom is 0.222 e. The van der Waals surface area contributed by atoms with E-state index in [1.54, 1.807) is 7.11 Å². The van der Waals surface area contributed by atoms with Gasteiger partial charge < -0.3 is 30.2 Å². The quantitative estimate of drug-likeness (QED) is 0.734. The number of methoxy groups -OCH3 is 1. The van der Waals surface area contributed by atoms with Crippen LogP contribution in [0.25, 0.3) is 0 Å². The van der Waals surface area contributed by atoms with E-state index in [2.05, 4.69) is 20.2 Å². The maximum absolute atomic E-state index is 6.13. The highest BCUT2D eigenvalue weighted by Crippen LogP contribution is 2.28. The van der Waals surface area contributed by atoms with Crippen LogP contribution in [0.2, 0.25) is 0 Å². The largest absolute Gasteiger partial charge is 0.497 e. The first-order chi connectivity index (χ1) is 15.2. The van der Waals surface area contributed by atoms with Crippen LogP contribution in [-0.4, -0.2) is 63.1 Å². The fourth-order valence-electron chi connectivity index (χ4n) is 3.54. The van der Waals surface area contributed by atoms with Gasteiger partial charge in [0.1, 0.15) is 11.5 Å². The zero-order valence-corrected chi connectivity index (χ0v) is 17.8. The van der Waals surface area contributed by atoms with E-state index < -0.39 is 6.29 Å². The van der Waals surface area contributed by atoms with E-state index in [9.17, 15) is 0 Å². The molecule has 9 heteroatoms. The van der Waals surface area contributed by atoms with Crippen LogP contribution in [0, 0.1) is 0 Å². The number of morpholine rings is 1. The molecule has 9 nitrogen and oxygen atoms in total. The Morgan fingerprint density at radius 1 is 1.13 bits per heavy atom. The maximum atomic E-state index is 6.13. The summed E-state index contributed by atoms with van der Waals surface area (Å²) in [6.07, 6.45) is -0.486. The van der Waals surface area contributed by atoms with Crippen LogP contribution in [0.3, 0.4) is 0 Å².